The van der Waals surface area contributed by atoms with Crippen molar-refractivity contribution in [1.82, 2.24) is 9.88 Å². The Kier molecular flexibility index (Phi) is 4.17. The van der Waals surface area contributed by atoms with Crippen LogP contribution in [-0.2, 0) is 9.53 Å². The van der Waals surface area contributed by atoms with Gasteiger partial charge in [0.2, 0.25) is 0 Å². The molecule has 1 aromatic carbocycles. The number of thiazole rings is 1. The Morgan fingerprint density at radius 3 is 2.82 bits per heavy atom. The first kappa shape index (κ1) is 14.7. The number of ether oxygens (including phenoxy) is 1. The third-order valence-electron chi connectivity index (χ3n) is 3.42. The first-order chi connectivity index (χ1) is 10.7. The van der Waals surface area contributed by atoms with Gasteiger partial charge in [0.25, 0.3) is 5.91 Å². The molecule has 1 unspecified atom stereocenters. The van der Waals surface area contributed by atoms with E-state index in [1.807, 2.05) is 30.3 Å². The van der Waals surface area contributed by atoms with Crippen molar-refractivity contribution in [2.24, 2.45) is 0 Å². The molecule has 114 valence electrons. The number of hydrogen-bond donors (Lipinski definition) is 1. The van der Waals surface area contributed by atoms with Gasteiger partial charge >= 0.3 is 5.97 Å². The van der Waals surface area contributed by atoms with Crippen LogP contribution in [0.4, 0.5) is 0 Å². The normalized spacial score (nSPS) is 18.2. The Morgan fingerprint density at radius 2 is 2.09 bits per heavy atom. The van der Waals surface area contributed by atoms with Gasteiger partial charge in [-0.25, -0.2) is 9.78 Å². The van der Waals surface area contributed by atoms with Crippen molar-refractivity contribution in [3.63, 3.8) is 0 Å². The first-order valence-electron chi connectivity index (χ1n) is 6.79. The molecule has 1 aliphatic rings. The molecule has 1 saturated heterocycles. The lowest BCUT2D eigenvalue weighted by Gasteiger charge is -2.32. The molecule has 1 aliphatic heterocycles. The number of carboxylic acids is 1. The molecule has 0 saturated carbocycles. The number of nitrogens with zero attached hydrogens (tertiary/aromatic N) is 2. The highest BCUT2D eigenvalue weighted by atomic mass is 32.1. The van der Waals surface area contributed by atoms with Crippen LogP contribution in [0.2, 0.25) is 0 Å². The summed E-state index contributed by atoms with van der Waals surface area (Å²) in [6.45, 7) is 0.607. The number of morpholine rings is 1. The van der Waals surface area contributed by atoms with Gasteiger partial charge in [-0.2, -0.15) is 0 Å². The molecule has 1 atom stereocenters. The minimum Gasteiger partial charge on any atom is -0.480 e. The zero-order chi connectivity index (χ0) is 15.5. The molecule has 2 aromatic rings. The summed E-state index contributed by atoms with van der Waals surface area (Å²) < 4.78 is 5.14. The van der Waals surface area contributed by atoms with Crippen LogP contribution in [0, 0.1) is 0 Å². The van der Waals surface area contributed by atoms with Crippen LogP contribution in [0.25, 0.3) is 10.6 Å². The van der Waals surface area contributed by atoms with Gasteiger partial charge in [-0.1, -0.05) is 30.3 Å². The number of rotatable bonds is 3. The summed E-state index contributed by atoms with van der Waals surface area (Å²) in [6.07, 6.45) is 0. The van der Waals surface area contributed by atoms with E-state index in [0.717, 1.165) is 10.6 Å². The number of benzene rings is 1. The second kappa shape index (κ2) is 6.25. The van der Waals surface area contributed by atoms with Gasteiger partial charge in [-0.05, 0) is 0 Å². The van der Waals surface area contributed by atoms with Crippen molar-refractivity contribution in [3.05, 3.63) is 41.4 Å². The third-order valence-corrected chi connectivity index (χ3v) is 4.31. The Balaban J connectivity index is 1.83. The Labute approximate surface area is 131 Å². The topological polar surface area (TPSA) is 79.7 Å². The van der Waals surface area contributed by atoms with Gasteiger partial charge in [0, 0.05) is 17.5 Å². The number of carboxylic acid groups (broad SMARTS) is 1. The van der Waals surface area contributed by atoms with E-state index in [4.69, 9.17) is 4.74 Å². The highest BCUT2D eigenvalue weighted by molar-refractivity contribution is 7.13. The average molecular weight is 318 g/mol. The largest absolute Gasteiger partial charge is 0.480 e. The fraction of sp³-hybridized carbons (Fsp3) is 0.267. The monoisotopic (exact) mass is 318 g/mol. The summed E-state index contributed by atoms with van der Waals surface area (Å²) in [4.78, 5) is 29.4. The quantitative estimate of drug-likeness (QED) is 0.932. The van der Waals surface area contributed by atoms with Crippen molar-refractivity contribution in [2.45, 2.75) is 6.04 Å². The Bertz CT molecular complexity index is 686. The van der Waals surface area contributed by atoms with E-state index in [1.54, 1.807) is 5.38 Å². The highest BCUT2D eigenvalue weighted by Crippen LogP contribution is 2.24. The summed E-state index contributed by atoms with van der Waals surface area (Å²) in [5.74, 6) is -1.43. The van der Waals surface area contributed by atoms with Gasteiger partial charge in [-0.3, -0.25) is 4.79 Å². The van der Waals surface area contributed by atoms with Crippen LogP contribution < -0.4 is 0 Å². The second-order valence-corrected chi connectivity index (χ2v) is 5.69. The number of carbonyl (C=O) groups excluding carboxylic acids is 1. The molecule has 0 aliphatic carbocycles. The smallest absolute Gasteiger partial charge is 0.328 e. The van der Waals surface area contributed by atoms with E-state index in [9.17, 15) is 14.7 Å². The molecule has 1 N–H and O–H groups in total. The third kappa shape index (κ3) is 2.86. The van der Waals surface area contributed by atoms with Crippen molar-refractivity contribution >= 4 is 23.2 Å². The minimum absolute atomic E-state index is 0.0107. The van der Waals surface area contributed by atoms with Crippen LogP contribution in [-0.4, -0.2) is 52.7 Å². The van der Waals surface area contributed by atoms with E-state index in [2.05, 4.69) is 4.98 Å². The zero-order valence-electron chi connectivity index (χ0n) is 11.6. The van der Waals surface area contributed by atoms with Crippen LogP contribution in [0.3, 0.4) is 0 Å². The van der Waals surface area contributed by atoms with Crippen molar-refractivity contribution < 1.29 is 19.4 Å². The fourth-order valence-corrected chi connectivity index (χ4v) is 3.08. The van der Waals surface area contributed by atoms with Crippen molar-refractivity contribution in [3.8, 4) is 10.6 Å². The number of aromatic nitrogens is 1. The summed E-state index contributed by atoms with van der Waals surface area (Å²) in [5.41, 5.74) is 1.21. The molecule has 2 heterocycles. The molecule has 6 nitrogen and oxygen atoms in total. The van der Waals surface area contributed by atoms with Crippen LogP contribution in [0.15, 0.2) is 35.7 Å². The average Bonchev–Trinajstić information content (AvgIpc) is 3.05. The molecular formula is C15H14N2O4S. The van der Waals surface area contributed by atoms with Crippen LogP contribution in [0.1, 0.15) is 10.5 Å². The summed E-state index contributed by atoms with van der Waals surface area (Å²) in [6, 6.07) is 8.60. The van der Waals surface area contributed by atoms with E-state index in [0.29, 0.717) is 6.61 Å². The van der Waals surface area contributed by atoms with Gasteiger partial charge in [0.15, 0.2) is 6.04 Å². The molecule has 0 bridgehead atoms. The van der Waals surface area contributed by atoms with Crippen molar-refractivity contribution in [1.29, 1.82) is 0 Å². The molecular weight excluding hydrogens is 304 g/mol. The lowest BCUT2D eigenvalue weighted by atomic mass is 10.2. The van der Waals surface area contributed by atoms with Gasteiger partial charge < -0.3 is 14.7 Å². The molecule has 22 heavy (non-hydrogen) atoms. The fourth-order valence-electron chi connectivity index (χ4n) is 2.28. The number of aliphatic carboxylic acids is 1. The predicted octanol–water partition coefficient (Wildman–Crippen LogP) is 1.74. The van der Waals surface area contributed by atoms with E-state index >= 15 is 0 Å². The highest BCUT2D eigenvalue weighted by Gasteiger charge is 2.34. The Hall–Kier alpha value is -2.25. The molecule has 3 rings (SSSR count). The minimum atomic E-state index is -1.06. The maximum Gasteiger partial charge on any atom is 0.328 e. The maximum atomic E-state index is 12.5. The molecule has 0 radical (unpaired) electrons. The number of carbonyl (C=O) groups is 2. The first-order valence-corrected chi connectivity index (χ1v) is 7.67. The molecule has 1 amide bonds. The zero-order valence-corrected chi connectivity index (χ0v) is 12.5. The van der Waals surface area contributed by atoms with Crippen molar-refractivity contribution in [2.75, 3.05) is 19.8 Å². The SMILES string of the molecule is O=C(O)C1COCCN1C(=O)c1csc(-c2ccccc2)n1. The summed E-state index contributed by atoms with van der Waals surface area (Å²) >= 11 is 1.37. The van der Waals surface area contributed by atoms with E-state index < -0.39 is 12.0 Å². The molecule has 1 aromatic heterocycles. The predicted molar refractivity (Wildman–Crippen MR) is 80.8 cm³/mol. The molecule has 0 spiro atoms. The molecule has 1 fully saturated rings. The van der Waals surface area contributed by atoms with Gasteiger partial charge in [0.05, 0.1) is 13.2 Å². The second-order valence-electron chi connectivity index (χ2n) is 4.83. The van der Waals surface area contributed by atoms with E-state index in [1.165, 1.54) is 16.2 Å². The van der Waals surface area contributed by atoms with Gasteiger partial charge in [0.1, 0.15) is 10.7 Å². The van der Waals surface area contributed by atoms with Crippen LogP contribution in [0.5, 0.6) is 0 Å². The summed E-state index contributed by atoms with van der Waals surface area (Å²) in [5, 5.41) is 11.6. The number of hydrogen-bond acceptors (Lipinski definition) is 5. The van der Waals surface area contributed by atoms with Gasteiger partial charge in [-0.15, -0.1) is 11.3 Å². The summed E-state index contributed by atoms with van der Waals surface area (Å²) in [7, 11) is 0. The Morgan fingerprint density at radius 1 is 1.32 bits per heavy atom. The van der Waals surface area contributed by atoms with E-state index in [-0.39, 0.29) is 24.8 Å². The van der Waals surface area contributed by atoms with Crippen LogP contribution >= 0.6 is 11.3 Å². The molecule has 7 heteroatoms. The number of amides is 1. The standard InChI is InChI=1S/C15H14N2O4S/c18-14(17-6-7-21-8-12(17)15(19)20)11-9-22-13(16-11)10-4-2-1-3-5-10/h1-5,9,12H,6-8H2,(H,19,20). The maximum absolute atomic E-state index is 12.5. The lowest BCUT2D eigenvalue weighted by molar-refractivity contribution is -0.147. The lowest BCUT2D eigenvalue weighted by Crippen LogP contribution is -2.52.